The Morgan fingerprint density at radius 2 is 1.95 bits per heavy atom. The van der Waals surface area contributed by atoms with Gasteiger partial charge in [0.1, 0.15) is 0 Å². The Labute approximate surface area is 127 Å². The number of aromatic nitrogens is 1. The fourth-order valence-corrected chi connectivity index (χ4v) is 2.51. The molecular weight excluding hydrogens is 284 g/mol. The van der Waals surface area contributed by atoms with E-state index < -0.39 is 0 Å². The molecule has 1 amide bonds. The van der Waals surface area contributed by atoms with E-state index in [0.29, 0.717) is 10.6 Å². The third-order valence-electron chi connectivity index (χ3n) is 3.53. The van der Waals surface area contributed by atoms with E-state index in [1.54, 1.807) is 18.3 Å². The minimum Gasteiger partial charge on any atom is -0.360 e. The van der Waals surface area contributed by atoms with Crippen LogP contribution in [0.4, 0.5) is 5.69 Å². The highest BCUT2D eigenvalue weighted by molar-refractivity contribution is 6.31. The van der Waals surface area contributed by atoms with E-state index >= 15 is 0 Å². The van der Waals surface area contributed by atoms with Gasteiger partial charge in [0.2, 0.25) is 0 Å². The number of fused-ring (bicyclic) bond motifs is 1. The lowest BCUT2D eigenvalue weighted by molar-refractivity contribution is 0.102. The van der Waals surface area contributed by atoms with Gasteiger partial charge in [-0.1, -0.05) is 23.7 Å². The van der Waals surface area contributed by atoms with Gasteiger partial charge in [-0.05, 0) is 49.2 Å². The van der Waals surface area contributed by atoms with Crippen LogP contribution in [0.25, 0.3) is 10.9 Å². The molecule has 0 fully saturated rings. The van der Waals surface area contributed by atoms with Crippen LogP contribution >= 0.6 is 11.6 Å². The van der Waals surface area contributed by atoms with Crippen LogP contribution in [0.15, 0.2) is 42.6 Å². The van der Waals surface area contributed by atoms with Crippen LogP contribution < -0.4 is 5.32 Å². The lowest BCUT2D eigenvalue weighted by atomic mass is 10.1. The highest BCUT2D eigenvalue weighted by Crippen LogP contribution is 2.24. The molecule has 2 aromatic carbocycles. The average molecular weight is 299 g/mol. The SMILES string of the molecule is Cc1ccc(C)c(NC(=O)c2c[nH]c3ccc(Cl)cc23)c1. The Kier molecular flexibility index (Phi) is 3.43. The molecule has 0 aliphatic heterocycles. The van der Waals surface area contributed by atoms with E-state index in [4.69, 9.17) is 11.6 Å². The van der Waals surface area contributed by atoms with Gasteiger partial charge in [0.25, 0.3) is 5.91 Å². The molecule has 106 valence electrons. The number of carbonyl (C=O) groups is 1. The number of anilines is 1. The molecule has 0 saturated carbocycles. The molecule has 0 unspecified atom stereocenters. The van der Waals surface area contributed by atoms with Crippen molar-refractivity contribution in [3.8, 4) is 0 Å². The van der Waals surface area contributed by atoms with E-state index in [1.807, 2.05) is 38.1 Å². The summed E-state index contributed by atoms with van der Waals surface area (Å²) in [5, 5.41) is 4.40. The predicted molar refractivity (Wildman–Crippen MR) is 87.2 cm³/mol. The van der Waals surface area contributed by atoms with Crippen LogP contribution in [0.3, 0.4) is 0 Å². The topological polar surface area (TPSA) is 44.9 Å². The summed E-state index contributed by atoms with van der Waals surface area (Å²) in [4.78, 5) is 15.6. The molecule has 21 heavy (non-hydrogen) atoms. The summed E-state index contributed by atoms with van der Waals surface area (Å²) >= 11 is 6.01. The number of H-pyrrole nitrogens is 1. The van der Waals surface area contributed by atoms with Crippen molar-refractivity contribution >= 4 is 34.1 Å². The number of carbonyl (C=O) groups excluding carboxylic acids is 1. The maximum absolute atomic E-state index is 12.5. The Morgan fingerprint density at radius 3 is 2.76 bits per heavy atom. The van der Waals surface area contributed by atoms with Gasteiger partial charge < -0.3 is 10.3 Å². The Balaban J connectivity index is 1.97. The van der Waals surface area contributed by atoms with Crippen molar-refractivity contribution in [2.24, 2.45) is 0 Å². The minimum absolute atomic E-state index is 0.141. The largest absolute Gasteiger partial charge is 0.360 e. The van der Waals surface area contributed by atoms with Crippen molar-refractivity contribution in [1.29, 1.82) is 0 Å². The molecule has 0 aliphatic rings. The second-order valence-corrected chi connectivity index (χ2v) is 5.60. The number of nitrogens with one attached hydrogen (secondary N) is 2. The van der Waals surface area contributed by atoms with Crippen LogP contribution in [0.2, 0.25) is 5.02 Å². The van der Waals surface area contributed by atoms with Crippen LogP contribution in [0.5, 0.6) is 0 Å². The molecule has 0 aliphatic carbocycles. The van der Waals surface area contributed by atoms with Gasteiger partial charge in [0.15, 0.2) is 0 Å². The Morgan fingerprint density at radius 1 is 1.14 bits per heavy atom. The van der Waals surface area contributed by atoms with Crippen molar-refractivity contribution in [1.82, 2.24) is 4.98 Å². The first kappa shape index (κ1) is 13.7. The molecule has 0 radical (unpaired) electrons. The van der Waals surface area contributed by atoms with Crippen molar-refractivity contribution in [3.63, 3.8) is 0 Å². The summed E-state index contributed by atoms with van der Waals surface area (Å²) in [6.45, 7) is 3.97. The number of aromatic amines is 1. The zero-order valence-electron chi connectivity index (χ0n) is 11.8. The number of benzene rings is 2. The summed E-state index contributed by atoms with van der Waals surface area (Å²) in [6, 6.07) is 11.5. The Hall–Kier alpha value is -2.26. The van der Waals surface area contributed by atoms with Crippen LogP contribution in [0, 0.1) is 13.8 Å². The van der Waals surface area contributed by atoms with Crippen molar-refractivity contribution in [2.45, 2.75) is 13.8 Å². The van der Waals surface area contributed by atoms with E-state index in [9.17, 15) is 4.79 Å². The minimum atomic E-state index is -0.141. The van der Waals surface area contributed by atoms with Gasteiger partial charge in [0, 0.05) is 27.8 Å². The second-order valence-electron chi connectivity index (χ2n) is 5.16. The number of hydrogen-bond acceptors (Lipinski definition) is 1. The molecule has 1 heterocycles. The summed E-state index contributed by atoms with van der Waals surface area (Å²) in [7, 11) is 0. The molecule has 1 aromatic heterocycles. The third-order valence-corrected chi connectivity index (χ3v) is 3.76. The molecule has 2 N–H and O–H groups in total. The Bertz CT molecular complexity index is 836. The van der Waals surface area contributed by atoms with E-state index in [0.717, 1.165) is 27.7 Å². The molecule has 3 nitrogen and oxygen atoms in total. The fraction of sp³-hybridized carbons (Fsp3) is 0.118. The first-order valence-electron chi connectivity index (χ1n) is 6.70. The zero-order valence-corrected chi connectivity index (χ0v) is 12.6. The van der Waals surface area contributed by atoms with Gasteiger partial charge >= 0.3 is 0 Å². The number of hydrogen-bond donors (Lipinski definition) is 2. The normalized spacial score (nSPS) is 10.8. The predicted octanol–water partition coefficient (Wildman–Crippen LogP) is 4.69. The van der Waals surface area contributed by atoms with Gasteiger partial charge in [-0.3, -0.25) is 4.79 Å². The number of aryl methyl sites for hydroxylation is 2. The lowest BCUT2D eigenvalue weighted by Crippen LogP contribution is -2.12. The first-order valence-corrected chi connectivity index (χ1v) is 7.07. The van der Waals surface area contributed by atoms with Crippen molar-refractivity contribution in [2.75, 3.05) is 5.32 Å². The van der Waals surface area contributed by atoms with Gasteiger partial charge in [0.05, 0.1) is 5.56 Å². The monoisotopic (exact) mass is 298 g/mol. The van der Waals surface area contributed by atoms with Gasteiger partial charge in [-0.2, -0.15) is 0 Å². The van der Waals surface area contributed by atoms with Crippen LogP contribution in [0.1, 0.15) is 21.5 Å². The lowest BCUT2D eigenvalue weighted by Gasteiger charge is -2.09. The zero-order chi connectivity index (χ0) is 15.0. The maximum atomic E-state index is 12.5. The van der Waals surface area contributed by atoms with Gasteiger partial charge in [-0.25, -0.2) is 0 Å². The molecule has 0 saturated heterocycles. The highest BCUT2D eigenvalue weighted by atomic mass is 35.5. The number of amides is 1. The van der Waals surface area contributed by atoms with Crippen LogP contribution in [-0.2, 0) is 0 Å². The number of halogens is 1. The molecule has 4 heteroatoms. The molecule has 0 atom stereocenters. The van der Waals surface area contributed by atoms with E-state index in [2.05, 4.69) is 10.3 Å². The van der Waals surface area contributed by atoms with E-state index in [-0.39, 0.29) is 5.91 Å². The first-order chi connectivity index (χ1) is 10.0. The summed E-state index contributed by atoms with van der Waals surface area (Å²) in [5.74, 6) is -0.141. The average Bonchev–Trinajstić information content (AvgIpc) is 2.85. The molecule has 3 aromatic rings. The van der Waals surface area contributed by atoms with Gasteiger partial charge in [-0.15, -0.1) is 0 Å². The highest BCUT2D eigenvalue weighted by Gasteiger charge is 2.13. The molecular formula is C17H15ClN2O. The second kappa shape index (κ2) is 5.26. The summed E-state index contributed by atoms with van der Waals surface area (Å²) < 4.78 is 0. The van der Waals surface area contributed by atoms with Crippen LogP contribution in [-0.4, -0.2) is 10.9 Å². The molecule has 0 spiro atoms. The summed E-state index contributed by atoms with van der Waals surface area (Å²) in [5.41, 5.74) is 4.46. The smallest absolute Gasteiger partial charge is 0.257 e. The van der Waals surface area contributed by atoms with Crippen molar-refractivity contribution in [3.05, 3.63) is 64.3 Å². The maximum Gasteiger partial charge on any atom is 0.257 e. The molecule has 0 bridgehead atoms. The standard InChI is InChI=1S/C17H15ClN2O/c1-10-3-4-11(2)16(7-10)20-17(21)14-9-19-15-6-5-12(18)8-13(14)15/h3-9,19H,1-2H3,(H,20,21). The van der Waals surface area contributed by atoms with E-state index in [1.165, 1.54) is 0 Å². The quantitative estimate of drug-likeness (QED) is 0.708. The number of rotatable bonds is 2. The summed E-state index contributed by atoms with van der Waals surface area (Å²) in [6.07, 6.45) is 1.71. The third kappa shape index (κ3) is 2.65. The van der Waals surface area contributed by atoms with Crippen molar-refractivity contribution < 1.29 is 4.79 Å². The fourth-order valence-electron chi connectivity index (χ4n) is 2.34. The molecule has 3 rings (SSSR count).